The van der Waals surface area contributed by atoms with Crippen molar-refractivity contribution in [2.45, 2.75) is 38.8 Å². The topological polar surface area (TPSA) is 101 Å². The third-order valence-electron chi connectivity index (χ3n) is 4.23. The van der Waals surface area contributed by atoms with Crippen LogP contribution < -0.4 is 10.9 Å². The molecule has 2 N–H and O–H groups in total. The monoisotopic (exact) mass is 341 g/mol. The number of carboxylic acid groups (broad SMARTS) is 1. The molecule has 0 saturated heterocycles. The molecule has 0 aliphatic heterocycles. The molecule has 7 nitrogen and oxygen atoms in total. The fraction of sp³-hybridized carbons (Fsp3) is 0.333. The summed E-state index contributed by atoms with van der Waals surface area (Å²) >= 11 is 0. The normalized spacial score (nSPS) is 11.1. The summed E-state index contributed by atoms with van der Waals surface area (Å²) in [5.41, 5.74) is -1.61. The highest BCUT2D eigenvalue weighted by molar-refractivity contribution is 6.01. The molecule has 2 rings (SSSR count). The summed E-state index contributed by atoms with van der Waals surface area (Å²) in [6, 6.07) is 6.26. The Morgan fingerprint density at radius 2 is 1.88 bits per heavy atom. The Balaban J connectivity index is 2.44. The molecule has 1 amide bonds. The van der Waals surface area contributed by atoms with E-state index in [2.05, 4.69) is 16.3 Å². The number of carbonyl (C=O) groups is 2. The van der Waals surface area contributed by atoms with Gasteiger partial charge >= 0.3 is 5.97 Å². The predicted octanol–water partition coefficient (Wildman–Crippen LogP) is 1.40. The zero-order valence-corrected chi connectivity index (χ0v) is 14.1. The van der Waals surface area contributed by atoms with Gasteiger partial charge in [-0.1, -0.05) is 38.0 Å². The lowest BCUT2D eigenvalue weighted by atomic mass is 9.94. The fourth-order valence-corrected chi connectivity index (χ4v) is 2.61. The van der Waals surface area contributed by atoms with Gasteiger partial charge in [-0.15, -0.1) is 6.42 Å². The number of fused-ring (bicyclic) bond motifs is 1. The molecule has 1 heterocycles. The second kappa shape index (κ2) is 7.18. The smallest absolute Gasteiger partial charge is 0.357 e. The molecule has 25 heavy (non-hydrogen) atoms. The van der Waals surface area contributed by atoms with Gasteiger partial charge in [-0.3, -0.25) is 9.59 Å². The summed E-state index contributed by atoms with van der Waals surface area (Å²) in [5, 5.41) is 16.3. The van der Waals surface area contributed by atoms with E-state index in [0.717, 1.165) is 4.68 Å². The van der Waals surface area contributed by atoms with Gasteiger partial charge in [0.2, 0.25) is 5.91 Å². The van der Waals surface area contributed by atoms with Gasteiger partial charge in [-0.25, -0.2) is 9.48 Å². The highest BCUT2D eigenvalue weighted by Crippen LogP contribution is 2.15. The number of hydrogen-bond donors (Lipinski definition) is 2. The Hall–Kier alpha value is -3.14. The van der Waals surface area contributed by atoms with E-state index in [1.165, 1.54) is 12.1 Å². The quantitative estimate of drug-likeness (QED) is 0.774. The number of hydrogen-bond acceptors (Lipinski definition) is 4. The minimum Gasteiger partial charge on any atom is -0.476 e. The number of aromatic carboxylic acids is 1. The van der Waals surface area contributed by atoms with Gasteiger partial charge in [0.15, 0.2) is 5.69 Å². The van der Waals surface area contributed by atoms with Gasteiger partial charge < -0.3 is 10.4 Å². The SMILES string of the molecule is C#CC(CC)(CC)NC(=O)Cn1nc(C(=O)O)c2ccccc2c1=O. The van der Waals surface area contributed by atoms with Crippen molar-refractivity contribution in [3.05, 3.63) is 40.3 Å². The lowest BCUT2D eigenvalue weighted by Crippen LogP contribution is -2.48. The molecule has 130 valence electrons. The Bertz CT molecular complexity index is 920. The third-order valence-corrected chi connectivity index (χ3v) is 4.23. The van der Waals surface area contributed by atoms with Gasteiger partial charge in [0.05, 0.1) is 5.39 Å². The predicted molar refractivity (Wildman–Crippen MR) is 93.3 cm³/mol. The molecule has 0 radical (unpaired) electrons. The van der Waals surface area contributed by atoms with Crippen LogP contribution in [0.25, 0.3) is 10.8 Å². The van der Waals surface area contributed by atoms with Gasteiger partial charge in [-0.05, 0) is 18.9 Å². The van der Waals surface area contributed by atoms with Crippen LogP contribution in [-0.4, -0.2) is 32.3 Å². The standard InChI is InChI=1S/C18H19N3O4/c1-4-18(5-2,6-3)19-14(22)11-21-16(23)13-10-8-7-9-12(13)15(20-21)17(24)25/h1,7-10H,5-6,11H2,2-3H3,(H,19,22)(H,24,25). The molecule has 0 atom stereocenters. The number of aromatic nitrogens is 2. The Kier molecular flexibility index (Phi) is 5.22. The molecule has 0 unspecified atom stereocenters. The molecular formula is C18H19N3O4. The molecule has 0 aliphatic rings. The van der Waals surface area contributed by atoms with E-state index < -0.39 is 29.5 Å². The molecule has 1 aromatic carbocycles. The molecule has 0 spiro atoms. The van der Waals surface area contributed by atoms with E-state index >= 15 is 0 Å². The molecule has 7 heteroatoms. The molecule has 0 aliphatic carbocycles. The summed E-state index contributed by atoms with van der Waals surface area (Å²) in [5.74, 6) is 0.802. The van der Waals surface area contributed by atoms with Crippen LogP contribution >= 0.6 is 0 Å². The first-order chi connectivity index (χ1) is 11.9. The van der Waals surface area contributed by atoms with Gasteiger partial charge in [0.1, 0.15) is 12.1 Å². The first kappa shape index (κ1) is 18.2. The second-order valence-corrected chi connectivity index (χ2v) is 5.64. The zero-order valence-electron chi connectivity index (χ0n) is 14.1. The fourth-order valence-electron chi connectivity index (χ4n) is 2.61. The number of amides is 1. The highest BCUT2D eigenvalue weighted by atomic mass is 16.4. The van der Waals surface area contributed by atoms with Gasteiger partial charge in [0.25, 0.3) is 5.56 Å². The lowest BCUT2D eigenvalue weighted by molar-refractivity contribution is -0.123. The van der Waals surface area contributed by atoms with Crippen LogP contribution in [0.2, 0.25) is 0 Å². The molecule has 0 bridgehead atoms. The molecule has 1 aromatic heterocycles. The Morgan fingerprint density at radius 1 is 1.28 bits per heavy atom. The number of nitrogens with zero attached hydrogens (tertiary/aromatic N) is 2. The van der Waals surface area contributed by atoms with Crippen LogP contribution in [0.1, 0.15) is 37.2 Å². The van der Waals surface area contributed by atoms with Crippen molar-refractivity contribution in [1.29, 1.82) is 0 Å². The van der Waals surface area contributed by atoms with Crippen LogP contribution in [0.15, 0.2) is 29.1 Å². The van der Waals surface area contributed by atoms with Crippen molar-refractivity contribution in [1.82, 2.24) is 15.1 Å². The molecule has 2 aromatic rings. The van der Waals surface area contributed by atoms with E-state index in [0.29, 0.717) is 12.8 Å². The van der Waals surface area contributed by atoms with E-state index in [1.54, 1.807) is 12.1 Å². The molecular weight excluding hydrogens is 322 g/mol. The van der Waals surface area contributed by atoms with Crippen molar-refractivity contribution in [3.8, 4) is 12.3 Å². The van der Waals surface area contributed by atoms with Gasteiger partial charge in [0, 0.05) is 5.39 Å². The average molecular weight is 341 g/mol. The van der Waals surface area contributed by atoms with Crippen molar-refractivity contribution in [2.75, 3.05) is 0 Å². The number of nitrogens with one attached hydrogen (secondary N) is 1. The highest BCUT2D eigenvalue weighted by Gasteiger charge is 2.26. The second-order valence-electron chi connectivity index (χ2n) is 5.64. The van der Waals surface area contributed by atoms with Crippen LogP contribution in [0.4, 0.5) is 0 Å². The van der Waals surface area contributed by atoms with Gasteiger partial charge in [-0.2, -0.15) is 5.10 Å². The van der Waals surface area contributed by atoms with Crippen LogP contribution in [-0.2, 0) is 11.3 Å². The Labute approximate surface area is 144 Å². The van der Waals surface area contributed by atoms with Crippen LogP contribution in [0, 0.1) is 12.3 Å². The number of benzene rings is 1. The summed E-state index contributed by atoms with van der Waals surface area (Å²) in [6.07, 6.45) is 6.58. The van der Waals surface area contributed by atoms with Crippen LogP contribution in [0.5, 0.6) is 0 Å². The first-order valence-electron chi connectivity index (χ1n) is 7.89. The summed E-state index contributed by atoms with van der Waals surface area (Å²) in [6.45, 7) is 3.30. The average Bonchev–Trinajstić information content (AvgIpc) is 2.62. The third kappa shape index (κ3) is 3.53. The minimum atomic E-state index is -1.27. The van der Waals surface area contributed by atoms with Crippen molar-refractivity contribution in [2.24, 2.45) is 0 Å². The number of terminal acetylenes is 1. The van der Waals surface area contributed by atoms with Crippen LogP contribution in [0.3, 0.4) is 0 Å². The summed E-state index contributed by atoms with van der Waals surface area (Å²) in [7, 11) is 0. The number of carbonyl (C=O) groups excluding carboxylic acids is 1. The maximum atomic E-state index is 12.5. The number of rotatable bonds is 6. The summed E-state index contributed by atoms with van der Waals surface area (Å²) in [4.78, 5) is 36.2. The van der Waals surface area contributed by atoms with E-state index in [9.17, 15) is 19.5 Å². The number of carboxylic acids is 1. The molecule has 0 fully saturated rings. The van der Waals surface area contributed by atoms with Crippen molar-refractivity contribution < 1.29 is 14.7 Å². The van der Waals surface area contributed by atoms with E-state index in [1.807, 2.05) is 13.8 Å². The first-order valence-corrected chi connectivity index (χ1v) is 7.89. The maximum Gasteiger partial charge on any atom is 0.357 e. The summed E-state index contributed by atoms with van der Waals surface area (Å²) < 4.78 is 0.855. The Morgan fingerprint density at radius 3 is 2.40 bits per heavy atom. The van der Waals surface area contributed by atoms with E-state index in [4.69, 9.17) is 6.42 Å². The van der Waals surface area contributed by atoms with Crippen molar-refractivity contribution in [3.63, 3.8) is 0 Å². The van der Waals surface area contributed by atoms with Crippen molar-refractivity contribution >= 4 is 22.6 Å². The zero-order chi connectivity index (χ0) is 18.6. The largest absolute Gasteiger partial charge is 0.476 e. The maximum absolute atomic E-state index is 12.5. The minimum absolute atomic E-state index is 0.192. The lowest BCUT2D eigenvalue weighted by Gasteiger charge is -2.27. The molecule has 0 saturated carbocycles. The van der Waals surface area contributed by atoms with E-state index in [-0.39, 0.29) is 16.5 Å².